The van der Waals surface area contributed by atoms with Gasteiger partial charge >= 0.3 is 5.69 Å². The zero-order chi connectivity index (χ0) is 14.4. The highest BCUT2D eigenvalue weighted by molar-refractivity contribution is 5.27. The molecule has 106 valence electrons. The molecule has 0 saturated carbocycles. The van der Waals surface area contributed by atoms with Crippen LogP contribution in [0.3, 0.4) is 0 Å². The van der Waals surface area contributed by atoms with E-state index in [2.05, 4.69) is 10.4 Å². The summed E-state index contributed by atoms with van der Waals surface area (Å²) < 4.78 is 6.64. The Hall–Kier alpha value is -2.41. The molecule has 0 unspecified atom stereocenters. The number of aromatic nitrogens is 2. The smallest absolute Gasteiger partial charge is 0.306 e. The topological polar surface area (TPSA) is 82.2 Å². The Kier molecular flexibility index (Phi) is 4.67. The summed E-state index contributed by atoms with van der Waals surface area (Å²) in [6, 6.07) is 7.80. The molecule has 1 aromatic heterocycles. The Labute approximate surface area is 116 Å². The summed E-state index contributed by atoms with van der Waals surface area (Å²) in [6.45, 7) is 2.00. The maximum absolute atomic E-state index is 10.5. The second-order valence-corrected chi connectivity index (χ2v) is 4.24. The Morgan fingerprint density at radius 1 is 1.40 bits per heavy atom. The van der Waals surface area contributed by atoms with Crippen LogP contribution in [-0.2, 0) is 13.1 Å². The van der Waals surface area contributed by atoms with Gasteiger partial charge in [-0.15, -0.1) is 0 Å². The van der Waals surface area contributed by atoms with Crippen molar-refractivity contribution in [2.24, 2.45) is 0 Å². The molecule has 0 aliphatic heterocycles. The number of nitro groups is 1. The molecule has 0 saturated heterocycles. The molecule has 0 aliphatic carbocycles. The molecule has 0 fully saturated rings. The van der Waals surface area contributed by atoms with Crippen LogP contribution in [0.25, 0.3) is 0 Å². The first kappa shape index (κ1) is 14.0. The molecule has 0 aliphatic rings. The fraction of sp³-hybridized carbons (Fsp3) is 0.308. The predicted molar refractivity (Wildman–Crippen MR) is 73.6 cm³/mol. The zero-order valence-corrected chi connectivity index (χ0v) is 11.2. The summed E-state index contributed by atoms with van der Waals surface area (Å²) in [5.41, 5.74) is 1.16. The highest BCUT2D eigenvalue weighted by Gasteiger charge is 2.07. The maximum atomic E-state index is 10.5. The number of benzene rings is 1. The Morgan fingerprint density at radius 3 is 2.75 bits per heavy atom. The highest BCUT2D eigenvalue weighted by Crippen LogP contribution is 2.11. The van der Waals surface area contributed by atoms with Crippen molar-refractivity contribution in [3.63, 3.8) is 0 Å². The van der Waals surface area contributed by atoms with E-state index in [1.54, 1.807) is 11.8 Å². The van der Waals surface area contributed by atoms with Gasteiger partial charge in [0.25, 0.3) is 0 Å². The first-order valence-electron chi connectivity index (χ1n) is 6.19. The van der Waals surface area contributed by atoms with Crippen molar-refractivity contribution < 1.29 is 9.66 Å². The second kappa shape index (κ2) is 6.67. The fourth-order valence-electron chi connectivity index (χ4n) is 1.74. The molecule has 7 nitrogen and oxygen atoms in total. The molecule has 0 spiro atoms. The Morgan fingerprint density at radius 2 is 2.15 bits per heavy atom. The van der Waals surface area contributed by atoms with Gasteiger partial charge in [-0.3, -0.25) is 14.8 Å². The molecule has 7 heteroatoms. The van der Waals surface area contributed by atoms with Gasteiger partial charge < -0.3 is 10.1 Å². The lowest BCUT2D eigenvalue weighted by Gasteiger charge is -2.06. The second-order valence-electron chi connectivity index (χ2n) is 4.24. The van der Waals surface area contributed by atoms with Gasteiger partial charge in [0.2, 0.25) is 0 Å². The molecule has 2 rings (SSSR count). The molecule has 0 amide bonds. The Bertz CT molecular complexity index is 565. The van der Waals surface area contributed by atoms with Gasteiger partial charge in [0.15, 0.2) is 0 Å². The largest absolute Gasteiger partial charge is 0.497 e. The van der Waals surface area contributed by atoms with Gasteiger partial charge in [-0.25, -0.2) is 0 Å². The van der Waals surface area contributed by atoms with E-state index in [1.165, 1.54) is 12.4 Å². The molecular formula is C13H16N4O3. The molecular weight excluding hydrogens is 260 g/mol. The van der Waals surface area contributed by atoms with E-state index in [-0.39, 0.29) is 5.69 Å². The molecule has 20 heavy (non-hydrogen) atoms. The summed E-state index contributed by atoms with van der Waals surface area (Å²) >= 11 is 0. The minimum absolute atomic E-state index is 0.0140. The lowest BCUT2D eigenvalue weighted by molar-refractivity contribution is -0.385. The predicted octanol–water partition coefficient (Wildman–Crippen LogP) is 1.59. The van der Waals surface area contributed by atoms with Gasteiger partial charge in [0, 0.05) is 13.1 Å². The monoisotopic (exact) mass is 276 g/mol. The van der Waals surface area contributed by atoms with Crippen molar-refractivity contribution in [1.29, 1.82) is 0 Å². The third-order valence-corrected chi connectivity index (χ3v) is 2.84. The molecule has 0 atom stereocenters. The lowest BCUT2D eigenvalue weighted by Crippen LogP contribution is -2.19. The normalized spacial score (nSPS) is 10.4. The summed E-state index contributed by atoms with van der Waals surface area (Å²) in [5.74, 6) is 0.831. The number of hydrogen-bond donors (Lipinski definition) is 1. The van der Waals surface area contributed by atoms with E-state index in [9.17, 15) is 10.1 Å². The number of rotatable bonds is 7. The summed E-state index contributed by atoms with van der Waals surface area (Å²) in [7, 11) is 1.64. The number of methoxy groups -OCH3 is 1. The third kappa shape index (κ3) is 3.79. The number of nitrogens with one attached hydrogen (secondary N) is 1. The van der Waals surface area contributed by atoms with Gasteiger partial charge in [0.1, 0.15) is 18.1 Å². The molecule has 1 heterocycles. The van der Waals surface area contributed by atoms with Crippen LogP contribution in [0.1, 0.15) is 5.56 Å². The van der Waals surface area contributed by atoms with Gasteiger partial charge in [-0.2, -0.15) is 5.10 Å². The number of nitrogens with zero attached hydrogens (tertiary/aromatic N) is 3. The van der Waals surface area contributed by atoms with Crippen LogP contribution in [0.4, 0.5) is 5.69 Å². The molecule has 0 bridgehead atoms. The average molecular weight is 276 g/mol. The minimum Gasteiger partial charge on any atom is -0.497 e. The standard InChI is InChI=1S/C13H16N4O3/c1-20-13-4-2-11(3-5-13)8-14-6-7-16-10-12(9-15-16)17(18)19/h2-5,9-10,14H,6-8H2,1H3. The fourth-order valence-corrected chi connectivity index (χ4v) is 1.74. The van der Waals surface area contributed by atoms with Crippen molar-refractivity contribution in [3.8, 4) is 5.75 Å². The van der Waals surface area contributed by atoms with E-state index in [1.807, 2.05) is 24.3 Å². The first-order chi connectivity index (χ1) is 9.69. The molecule has 1 N–H and O–H groups in total. The summed E-state index contributed by atoms with van der Waals surface area (Å²) in [6.07, 6.45) is 2.68. The highest BCUT2D eigenvalue weighted by atomic mass is 16.6. The van der Waals surface area contributed by atoms with Crippen LogP contribution in [-0.4, -0.2) is 28.4 Å². The van der Waals surface area contributed by atoms with Crippen molar-refractivity contribution >= 4 is 5.69 Å². The van der Waals surface area contributed by atoms with Gasteiger partial charge in [0.05, 0.1) is 18.6 Å². The van der Waals surface area contributed by atoms with Gasteiger partial charge in [-0.1, -0.05) is 12.1 Å². The van der Waals surface area contributed by atoms with Crippen LogP contribution in [0.5, 0.6) is 5.75 Å². The van der Waals surface area contributed by atoms with E-state index < -0.39 is 4.92 Å². The van der Waals surface area contributed by atoms with E-state index in [0.29, 0.717) is 13.1 Å². The van der Waals surface area contributed by atoms with Crippen molar-refractivity contribution in [2.75, 3.05) is 13.7 Å². The van der Waals surface area contributed by atoms with Crippen molar-refractivity contribution in [3.05, 3.63) is 52.3 Å². The average Bonchev–Trinajstić information content (AvgIpc) is 2.93. The van der Waals surface area contributed by atoms with Crippen molar-refractivity contribution in [1.82, 2.24) is 15.1 Å². The molecule has 2 aromatic rings. The van der Waals surface area contributed by atoms with Crippen LogP contribution < -0.4 is 10.1 Å². The first-order valence-corrected chi connectivity index (χ1v) is 6.19. The van der Waals surface area contributed by atoms with Crippen molar-refractivity contribution in [2.45, 2.75) is 13.1 Å². The van der Waals surface area contributed by atoms with Gasteiger partial charge in [-0.05, 0) is 17.7 Å². The summed E-state index contributed by atoms with van der Waals surface area (Å²) in [4.78, 5) is 10.1. The van der Waals surface area contributed by atoms with E-state index in [0.717, 1.165) is 17.9 Å². The lowest BCUT2D eigenvalue weighted by atomic mass is 10.2. The zero-order valence-electron chi connectivity index (χ0n) is 11.2. The summed E-state index contributed by atoms with van der Waals surface area (Å²) in [5, 5.41) is 17.7. The maximum Gasteiger partial charge on any atom is 0.306 e. The third-order valence-electron chi connectivity index (χ3n) is 2.84. The number of hydrogen-bond acceptors (Lipinski definition) is 5. The quantitative estimate of drug-likeness (QED) is 0.472. The van der Waals surface area contributed by atoms with Crippen LogP contribution in [0.2, 0.25) is 0 Å². The number of ether oxygens (including phenoxy) is 1. The minimum atomic E-state index is -0.450. The Balaban J connectivity index is 1.73. The van der Waals surface area contributed by atoms with Crippen LogP contribution in [0.15, 0.2) is 36.7 Å². The SMILES string of the molecule is COc1ccc(CNCCn2cc([N+](=O)[O-])cn2)cc1. The van der Waals surface area contributed by atoms with E-state index >= 15 is 0 Å². The molecule has 1 aromatic carbocycles. The molecule has 0 radical (unpaired) electrons. The van der Waals surface area contributed by atoms with E-state index in [4.69, 9.17) is 4.74 Å². The van der Waals surface area contributed by atoms with Crippen LogP contribution in [0, 0.1) is 10.1 Å². The van der Waals surface area contributed by atoms with Crippen LogP contribution >= 0.6 is 0 Å².